The van der Waals surface area contributed by atoms with Crippen LogP contribution in [0.3, 0.4) is 0 Å². The molecule has 7 heteroatoms. The Morgan fingerprint density at radius 3 is 2.59 bits per heavy atom. The average molecular weight is 308 g/mol. The van der Waals surface area contributed by atoms with Crippen LogP contribution in [0.4, 0.5) is 0 Å². The van der Waals surface area contributed by atoms with Gasteiger partial charge in [0.1, 0.15) is 11.5 Å². The van der Waals surface area contributed by atoms with Crippen LogP contribution in [0.15, 0.2) is 42.9 Å². The maximum Gasteiger partial charge on any atom is 0.183 e. The van der Waals surface area contributed by atoms with Gasteiger partial charge in [-0.2, -0.15) is 17.9 Å². The molecule has 0 saturated heterocycles. The van der Waals surface area contributed by atoms with Gasteiger partial charge < -0.3 is 4.57 Å². The van der Waals surface area contributed by atoms with Crippen LogP contribution < -0.4 is 0 Å². The fourth-order valence-corrected chi connectivity index (χ4v) is 2.50. The lowest BCUT2D eigenvalue weighted by Crippen LogP contribution is -2.04. The first-order chi connectivity index (χ1) is 10.7. The van der Waals surface area contributed by atoms with Crippen molar-refractivity contribution in [3.8, 4) is 17.6 Å². The van der Waals surface area contributed by atoms with E-state index in [2.05, 4.69) is 38.9 Å². The Hall–Kier alpha value is -2.72. The van der Waals surface area contributed by atoms with Crippen molar-refractivity contribution in [3.63, 3.8) is 0 Å². The summed E-state index contributed by atoms with van der Waals surface area (Å²) in [6, 6.07) is 9.36. The van der Waals surface area contributed by atoms with Gasteiger partial charge in [0, 0.05) is 19.4 Å². The van der Waals surface area contributed by atoms with Crippen LogP contribution in [-0.2, 0) is 7.05 Å². The highest BCUT2D eigenvalue weighted by atomic mass is 32.1. The Morgan fingerprint density at radius 2 is 1.95 bits per heavy atom. The molecule has 1 aromatic carbocycles. The van der Waals surface area contributed by atoms with Crippen molar-refractivity contribution in [1.29, 1.82) is 5.26 Å². The normalized spacial score (nSPS) is 11.9. The van der Waals surface area contributed by atoms with E-state index in [1.807, 2.05) is 23.7 Å². The monoisotopic (exact) mass is 308 g/mol. The number of rotatable bonds is 3. The van der Waals surface area contributed by atoms with Crippen molar-refractivity contribution in [2.24, 2.45) is 7.05 Å². The molecular formula is C15H12N6S. The van der Waals surface area contributed by atoms with Crippen molar-refractivity contribution < 1.29 is 0 Å². The van der Waals surface area contributed by atoms with Crippen LogP contribution in [0.5, 0.6) is 0 Å². The zero-order valence-electron chi connectivity index (χ0n) is 11.7. The second-order valence-corrected chi connectivity index (χ2v) is 5.18. The Morgan fingerprint density at radius 1 is 1.18 bits per heavy atom. The first-order valence-electron chi connectivity index (χ1n) is 6.54. The summed E-state index contributed by atoms with van der Waals surface area (Å²) in [6.07, 6.45) is 4.87. The van der Waals surface area contributed by atoms with Crippen molar-refractivity contribution in [2.75, 3.05) is 0 Å². The molecule has 0 saturated carbocycles. The van der Waals surface area contributed by atoms with E-state index in [0.29, 0.717) is 22.9 Å². The van der Waals surface area contributed by atoms with Crippen LogP contribution in [0.1, 0.15) is 22.2 Å². The fraction of sp³-hybridized carbons (Fsp3) is 0.133. The summed E-state index contributed by atoms with van der Waals surface area (Å²) in [5.41, 5.74) is 2.22. The van der Waals surface area contributed by atoms with E-state index in [-0.39, 0.29) is 5.25 Å². The topological polar surface area (TPSA) is 80.3 Å². The summed E-state index contributed by atoms with van der Waals surface area (Å²) in [5, 5.41) is 17.0. The average Bonchev–Trinajstić information content (AvgIpc) is 2.96. The molecule has 0 spiro atoms. The van der Waals surface area contributed by atoms with E-state index in [1.54, 1.807) is 30.7 Å². The molecule has 0 N–H and O–H groups in total. The summed E-state index contributed by atoms with van der Waals surface area (Å²) in [5.74, 6) is 1.34. The van der Waals surface area contributed by atoms with Crippen LogP contribution in [-0.4, -0.2) is 24.7 Å². The molecule has 0 aliphatic rings. The molecule has 2 heterocycles. The molecule has 2 aromatic heterocycles. The SMILES string of the molecule is Cn1c(-c2cnccn2)nnc1C(S)c1ccc(C#N)cc1. The highest BCUT2D eigenvalue weighted by molar-refractivity contribution is 7.80. The molecular weight excluding hydrogens is 296 g/mol. The van der Waals surface area contributed by atoms with E-state index < -0.39 is 0 Å². The summed E-state index contributed by atoms with van der Waals surface area (Å²) in [4.78, 5) is 8.27. The van der Waals surface area contributed by atoms with Crippen LogP contribution in [0.2, 0.25) is 0 Å². The predicted molar refractivity (Wildman–Crippen MR) is 84.0 cm³/mol. The van der Waals surface area contributed by atoms with Gasteiger partial charge in [-0.05, 0) is 17.7 Å². The molecule has 0 aliphatic heterocycles. The quantitative estimate of drug-likeness (QED) is 0.750. The summed E-state index contributed by atoms with van der Waals surface area (Å²) in [6.45, 7) is 0. The summed E-state index contributed by atoms with van der Waals surface area (Å²) >= 11 is 4.63. The highest BCUT2D eigenvalue weighted by Gasteiger charge is 2.19. The van der Waals surface area contributed by atoms with Gasteiger partial charge in [-0.25, -0.2) is 4.98 Å². The number of aromatic nitrogens is 5. The van der Waals surface area contributed by atoms with Gasteiger partial charge in [0.15, 0.2) is 5.82 Å². The molecule has 1 unspecified atom stereocenters. The molecule has 6 nitrogen and oxygen atoms in total. The molecule has 0 amide bonds. The highest BCUT2D eigenvalue weighted by Crippen LogP contribution is 2.28. The molecule has 3 rings (SSSR count). The second-order valence-electron chi connectivity index (χ2n) is 4.67. The molecule has 22 heavy (non-hydrogen) atoms. The Labute approximate surface area is 132 Å². The third-order valence-electron chi connectivity index (χ3n) is 3.30. The van der Waals surface area contributed by atoms with E-state index in [4.69, 9.17) is 5.26 Å². The van der Waals surface area contributed by atoms with E-state index in [9.17, 15) is 0 Å². The lowest BCUT2D eigenvalue weighted by atomic mass is 10.1. The standard InChI is InChI=1S/C15H12N6S/c1-21-14(12-9-17-6-7-18-12)19-20-15(21)13(22)11-4-2-10(8-16)3-5-11/h2-7,9,13,22H,1H3. The minimum atomic E-state index is -0.240. The summed E-state index contributed by atoms with van der Waals surface area (Å²) in [7, 11) is 1.87. The first kappa shape index (κ1) is 14.2. The maximum atomic E-state index is 8.85. The Bertz CT molecular complexity index is 819. The molecule has 0 fully saturated rings. The van der Waals surface area contributed by atoms with Gasteiger partial charge in [0.05, 0.1) is 23.1 Å². The Balaban J connectivity index is 1.95. The third kappa shape index (κ3) is 2.56. The zero-order valence-corrected chi connectivity index (χ0v) is 12.6. The molecule has 0 bridgehead atoms. The number of benzene rings is 1. The van der Waals surface area contributed by atoms with Gasteiger partial charge >= 0.3 is 0 Å². The molecule has 108 valence electrons. The lowest BCUT2D eigenvalue weighted by molar-refractivity contribution is 0.817. The van der Waals surface area contributed by atoms with E-state index in [1.165, 1.54) is 0 Å². The number of hydrogen-bond donors (Lipinski definition) is 1. The zero-order chi connectivity index (χ0) is 15.5. The van der Waals surface area contributed by atoms with E-state index in [0.717, 1.165) is 5.56 Å². The van der Waals surface area contributed by atoms with Crippen molar-refractivity contribution in [1.82, 2.24) is 24.7 Å². The largest absolute Gasteiger partial charge is 0.312 e. The van der Waals surface area contributed by atoms with Crippen molar-refractivity contribution >= 4 is 12.6 Å². The van der Waals surface area contributed by atoms with Gasteiger partial charge in [0.25, 0.3) is 0 Å². The number of thiol groups is 1. The minimum absolute atomic E-state index is 0.240. The van der Waals surface area contributed by atoms with Crippen LogP contribution in [0, 0.1) is 11.3 Å². The minimum Gasteiger partial charge on any atom is -0.312 e. The van der Waals surface area contributed by atoms with Crippen molar-refractivity contribution in [3.05, 3.63) is 59.8 Å². The molecule has 3 aromatic rings. The smallest absolute Gasteiger partial charge is 0.183 e. The van der Waals surface area contributed by atoms with Crippen LogP contribution in [0.25, 0.3) is 11.5 Å². The fourth-order valence-electron chi connectivity index (χ4n) is 2.11. The molecule has 0 radical (unpaired) electrons. The van der Waals surface area contributed by atoms with Gasteiger partial charge in [-0.3, -0.25) is 4.98 Å². The Kier molecular flexibility index (Phi) is 3.85. The van der Waals surface area contributed by atoms with Crippen molar-refractivity contribution in [2.45, 2.75) is 5.25 Å². The predicted octanol–water partition coefficient (Wildman–Crippen LogP) is 2.16. The van der Waals surface area contributed by atoms with Gasteiger partial charge in [0.2, 0.25) is 0 Å². The first-order valence-corrected chi connectivity index (χ1v) is 7.06. The molecule has 1 atom stereocenters. The third-order valence-corrected chi connectivity index (χ3v) is 3.83. The van der Waals surface area contributed by atoms with E-state index >= 15 is 0 Å². The van der Waals surface area contributed by atoms with Gasteiger partial charge in [-0.15, -0.1) is 10.2 Å². The lowest BCUT2D eigenvalue weighted by Gasteiger charge is -2.11. The van der Waals surface area contributed by atoms with Gasteiger partial charge in [-0.1, -0.05) is 12.1 Å². The number of nitrogens with zero attached hydrogens (tertiary/aromatic N) is 6. The summed E-state index contributed by atoms with van der Waals surface area (Å²) < 4.78 is 1.85. The number of nitriles is 1. The number of hydrogen-bond acceptors (Lipinski definition) is 6. The second kappa shape index (κ2) is 5.95. The van der Waals surface area contributed by atoms with Crippen LogP contribution >= 0.6 is 12.6 Å². The molecule has 0 aliphatic carbocycles. The maximum absolute atomic E-state index is 8.85.